The number of aromatic nitrogens is 1. The van der Waals surface area contributed by atoms with Gasteiger partial charge in [0, 0.05) is 18.2 Å². The number of hydrogen-bond acceptors (Lipinski definition) is 7. The summed E-state index contributed by atoms with van der Waals surface area (Å²) in [5.41, 5.74) is 1.07. The molecule has 0 bridgehead atoms. The van der Waals surface area contributed by atoms with Crippen LogP contribution in [0, 0.1) is 6.92 Å². The van der Waals surface area contributed by atoms with Gasteiger partial charge in [0.05, 0.1) is 0 Å². The minimum atomic E-state index is -3.73. The second kappa shape index (κ2) is 6.80. The number of piperidine rings is 1. The van der Waals surface area contributed by atoms with Gasteiger partial charge in [-0.05, 0) is 38.3 Å². The number of carbonyl (C=O) groups is 1. The molecule has 0 radical (unpaired) electrons. The van der Waals surface area contributed by atoms with Crippen molar-refractivity contribution in [2.24, 2.45) is 4.40 Å². The van der Waals surface area contributed by atoms with Gasteiger partial charge in [0.2, 0.25) is 0 Å². The summed E-state index contributed by atoms with van der Waals surface area (Å²) in [5, 5.41) is 3.81. The number of fused-ring (bicyclic) bond motifs is 1. The third-order valence-corrected chi connectivity index (χ3v) is 6.02. The number of carbonyl (C=O) groups excluding carboxylic acids is 1. The van der Waals surface area contributed by atoms with Crippen LogP contribution >= 0.6 is 0 Å². The minimum absolute atomic E-state index is 0.0157. The summed E-state index contributed by atoms with van der Waals surface area (Å²) in [6.45, 7) is 2.32. The molecule has 0 N–H and O–H groups in total. The average Bonchev–Trinajstić information content (AvgIpc) is 3.21. The summed E-state index contributed by atoms with van der Waals surface area (Å²) in [5.74, 6) is 0.548. The molecule has 0 saturated carbocycles. The molecule has 3 heterocycles. The smallest absolute Gasteiger partial charge is 0.329 e. The Morgan fingerprint density at radius 1 is 1.33 bits per heavy atom. The van der Waals surface area contributed by atoms with E-state index in [0.717, 1.165) is 12.8 Å². The van der Waals surface area contributed by atoms with Crippen molar-refractivity contribution in [3.8, 4) is 0 Å². The van der Waals surface area contributed by atoms with Crippen LogP contribution in [0.1, 0.15) is 36.3 Å². The predicted molar refractivity (Wildman–Crippen MR) is 95.5 cm³/mol. The van der Waals surface area contributed by atoms with Crippen molar-refractivity contribution >= 4 is 21.8 Å². The third-order valence-electron chi connectivity index (χ3n) is 4.70. The quantitative estimate of drug-likeness (QED) is 0.740. The van der Waals surface area contributed by atoms with Gasteiger partial charge in [0.1, 0.15) is 29.0 Å². The molecule has 2 aliphatic rings. The fourth-order valence-corrected chi connectivity index (χ4v) is 4.67. The van der Waals surface area contributed by atoms with Crippen LogP contribution in [0.15, 0.2) is 44.1 Å². The monoisotopic (exact) mass is 389 g/mol. The van der Waals surface area contributed by atoms with Crippen LogP contribution in [0.3, 0.4) is 0 Å². The number of sulfonamides is 1. The fourth-order valence-electron chi connectivity index (χ4n) is 3.45. The summed E-state index contributed by atoms with van der Waals surface area (Å²) in [4.78, 5) is 14.6. The number of amidine groups is 1. The van der Waals surface area contributed by atoms with Gasteiger partial charge in [-0.1, -0.05) is 17.3 Å². The van der Waals surface area contributed by atoms with Gasteiger partial charge in [0.15, 0.2) is 5.84 Å². The highest BCUT2D eigenvalue weighted by Gasteiger charge is 2.38. The van der Waals surface area contributed by atoms with Gasteiger partial charge in [-0.15, -0.1) is 4.40 Å². The molecule has 2 aliphatic heterocycles. The van der Waals surface area contributed by atoms with Gasteiger partial charge in [-0.25, -0.2) is 4.79 Å². The van der Waals surface area contributed by atoms with E-state index in [-0.39, 0.29) is 11.5 Å². The number of esters is 1. The zero-order valence-corrected chi connectivity index (χ0v) is 15.6. The molecule has 142 valence electrons. The second-order valence-corrected chi connectivity index (χ2v) is 8.20. The molecule has 0 aliphatic carbocycles. The maximum absolute atomic E-state index is 12.7. The molecule has 8 nitrogen and oxygen atoms in total. The number of nitrogens with zero attached hydrogens (tertiary/aromatic N) is 3. The summed E-state index contributed by atoms with van der Waals surface area (Å²) >= 11 is 0. The molecule has 1 aromatic heterocycles. The van der Waals surface area contributed by atoms with Crippen LogP contribution in [0.5, 0.6) is 0 Å². The van der Waals surface area contributed by atoms with Crippen LogP contribution in [0.25, 0.3) is 0 Å². The molecule has 4 rings (SSSR count). The van der Waals surface area contributed by atoms with E-state index in [2.05, 4.69) is 9.55 Å². The van der Waals surface area contributed by atoms with Crippen molar-refractivity contribution in [3.05, 3.63) is 47.3 Å². The zero-order chi connectivity index (χ0) is 19.0. The Bertz CT molecular complexity index is 1010. The Labute approximate surface area is 156 Å². The molecular weight excluding hydrogens is 370 g/mol. The first-order chi connectivity index (χ1) is 13.0. The van der Waals surface area contributed by atoms with Gasteiger partial charge >= 0.3 is 5.97 Å². The first kappa shape index (κ1) is 17.7. The van der Waals surface area contributed by atoms with Crippen molar-refractivity contribution in [2.45, 2.75) is 43.7 Å². The van der Waals surface area contributed by atoms with Crippen LogP contribution in [-0.2, 0) is 26.2 Å². The number of hydrogen-bond donors (Lipinski definition) is 0. The van der Waals surface area contributed by atoms with Crippen LogP contribution < -0.4 is 0 Å². The van der Waals surface area contributed by atoms with E-state index in [0.29, 0.717) is 35.8 Å². The van der Waals surface area contributed by atoms with Crippen molar-refractivity contribution in [1.29, 1.82) is 0 Å². The largest absolute Gasteiger partial charge is 0.458 e. The fraction of sp³-hybridized carbons (Fsp3) is 0.389. The van der Waals surface area contributed by atoms with E-state index in [1.165, 1.54) is 6.07 Å². The molecule has 1 aromatic carbocycles. The van der Waals surface area contributed by atoms with Crippen LogP contribution in [-0.4, -0.2) is 42.9 Å². The molecule has 1 atom stereocenters. The minimum Gasteiger partial charge on any atom is -0.458 e. The van der Waals surface area contributed by atoms with Crippen molar-refractivity contribution in [3.63, 3.8) is 0 Å². The molecule has 1 saturated heterocycles. The molecule has 27 heavy (non-hydrogen) atoms. The van der Waals surface area contributed by atoms with Crippen LogP contribution in [0.2, 0.25) is 0 Å². The number of aryl methyl sites for hydroxylation is 1. The lowest BCUT2D eigenvalue weighted by Gasteiger charge is -2.35. The molecule has 0 unspecified atom stereocenters. The summed E-state index contributed by atoms with van der Waals surface area (Å²) in [7, 11) is -3.73. The number of likely N-dealkylation sites (tertiary alicyclic amines) is 1. The van der Waals surface area contributed by atoms with Gasteiger partial charge in [0.25, 0.3) is 10.0 Å². The molecule has 9 heteroatoms. The lowest BCUT2D eigenvalue weighted by atomic mass is 10.0. The molecule has 0 amide bonds. The topological polar surface area (TPSA) is 102 Å². The number of rotatable bonds is 3. The predicted octanol–water partition coefficient (Wildman–Crippen LogP) is 2.03. The van der Waals surface area contributed by atoms with Crippen LogP contribution in [0.4, 0.5) is 0 Å². The summed E-state index contributed by atoms with van der Waals surface area (Å²) < 4.78 is 39.0. The van der Waals surface area contributed by atoms with Gasteiger partial charge < -0.3 is 14.2 Å². The average molecular weight is 389 g/mol. The van der Waals surface area contributed by atoms with E-state index in [1.807, 2.05) is 0 Å². The van der Waals surface area contributed by atoms with E-state index < -0.39 is 22.0 Å². The molecule has 2 aromatic rings. The maximum atomic E-state index is 12.7. The van der Waals surface area contributed by atoms with Crippen molar-refractivity contribution in [1.82, 2.24) is 10.1 Å². The van der Waals surface area contributed by atoms with Crippen molar-refractivity contribution < 1.29 is 22.5 Å². The van der Waals surface area contributed by atoms with E-state index in [4.69, 9.17) is 9.26 Å². The van der Waals surface area contributed by atoms with E-state index in [1.54, 1.807) is 36.1 Å². The SMILES string of the molecule is Cc1cc(COC(=O)[C@H]2CCCCN2C2=NS(=O)(=O)c3ccccc32)no1. The van der Waals surface area contributed by atoms with Crippen molar-refractivity contribution in [2.75, 3.05) is 6.54 Å². The first-order valence-corrected chi connectivity index (χ1v) is 10.2. The number of ether oxygens (including phenoxy) is 1. The lowest BCUT2D eigenvalue weighted by Crippen LogP contribution is -2.48. The summed E-state index contributed by atoms with van der Waals surface area (Å²) in [6.07, 6.45) is 2.30. The lowest BCUT2D eigenvalue weighted by molar-refractivity contribution is -0.151. The molecule has 0 spiro atoms. The van der Waals surface area contributed by atoms with Gasteiger partial charge in [-0.3, -0.25) is 0 Å². The normalized spacial score (nSPS) is 20.9. The van der Waals surface area contributed by atoms with Gasteiger partial charge in [-0.2, -0.15) is 8.42 Å². The highest BCUT2D eigenvalue weighted by atomic mass is 32.2. The molecular formula is C18H19N3O5S. The Kier molecular flexibility index (Phi) is 4.47. The maximum Gasteiger partial charge on any atom is 0.329 e. The zero-order valence-electron chi connectivity index (χ0n) is 14.8. The van der Waals surface area contributed by atoms with E-state index >= 15 is 0 Å². The number of benzene rings is 1. The Morgan fingerprint density at radius 3 is 2.93 bits per heavy atom. The van der Waals surface area contributed by atoms with E-state index in [9.17, 15) is 13.2 Å². The Balaban J connectivity index is 1.57. The standard InChI is InChI=1S/C18H19N3O5S/c1-12-10-13(19-26-12)11-25-18(22)15-7-4-5-9-21(15)17-14-6-2-3-8-16(14)27(23,24)20-17/h2-3,6,8,10,15H,4-5,7,9,11H2,1H3/t15-/m1/s1. The highest BCUT2D eigenvalue weighted by molar-refractivity contribution is 7.90. The highest BCUT2D eigenvalue weighted by Crippen LogP contribution is 2.31. The third kappa shape index (κ3) is 3.34. The molecule has 1 fully saturated rings. The Morgan fingerprint density at radius 2 is 2.15 bits per heavy atom. The second-order valence-electron chi connectivity index (χ2n) is 6.63. The first-order valence-electron chi connectivity index (χ1n) is 8.75. The summed E-state index contributed by atoms with van der Waals surface area (Å²) in [6, 6.07) is 7.80. The Hall–Kier alpha value is -2.68.